The first kappa shape index (κ1) is 26.9. The minimum absolute atomic E-state index is 0.102. The largest absolute Gasteiger partial charge is 0.464 e. The van der Waals surface area contributed by atoms with Gasteiger partial charge < -0.3 is 28.4 Å². The molecule has 0 saturated carbocycles. The highest BCUT2D eigenvalue weighted by Gasteiger charge is 2.37. The maximum atomic E-state index is 12.4. The summed E-state index contributed by atoms with van der Waals surface area (Å²) in [6, 6.07) is 9.19. The number of rotatable bonds is 6. The summed E-state index contributed by atoms with van der Waals surface area (Å²) in [7, 11) is 2.62. The zero-order valence-electron chi connectivity index (χ0n) is 21.3. The zero-order chi connectivity index (χ0) is 26.9. The number of oxazole rings is 2. The fourth-order valence-corrected chi connectivity index (χ4v) is 4.46. The third kappa shape index (κ3) is 6.20. The minimum Gasteiger partial charge on any atom is -0.464 e. The molecule has 2 fully saturated rings. The standard InChI is InChI=1S/C17H18N2O5.C9H12N2O3/c1-22-16(20)14-15(24-11-18-14)13-8-5-9-19(13)17(21)23-10-12-6-3-2-4-7-12;1-13-9(12)7-8(14-5-11-7)6-3-2-4-10-6/h2-4,6-7,11,13H,5,8-10H2,1H3;5-6,10H,2-4H2,1H3/t13-;6-/m00/s1. The van der Waals surface area contributed by atoms with Gasteiger partial charge in [0.05, 0.1) is 26.3 Å². The quantitative estimate of drug-likeness (QED) is 0.369. The Bertz CT molecular complexity index is 1220. The first-order chi connectivity index (χ1) is 18.5. The van der Waals surface area contributed by atoms with Gasteiger partial charge in [-0.3, -0.25) is 4.90 Å². The monoisotopic (exact) mass is 526 g/mol. The molecule has 2 aliphatic heterocycles. The number of hydrogen-bond donors (Lipinski definition) is 1. The molecule has 1 aromatic carbocycles. The summed E-state index contributed by atoms with van der Waals surface area (Å²) >= 11 is 0. The van der Waals surface area contributed by atoms with E-state index in [9.17, 15) is 14.4 Å². The van der Waals surface area contributed by atoms with Gasteiger partial charge in [0.15, 0.2) is 35.7 Å². The Morgan fingerprint density at radius 3 is 2.24 bits per heavy atom. The molecule has 2 aliphatic rings. The summed E-state index contributed by atoms with van der Waals surface area (Å²) in [6.45, 7) is 1.69. The predicted octanol–water partition coefficient (Wildman–Crippen LogP) is 3.82. The fraction of sp³-hybridized carbons (Fsp3) is 0.423. The van der Waals surface area contributed by atoms with Gasteiger partial charge in [-0.1, -0.05) is 30.3 Å². The molecule has 202 valence electrons. The van der Waals surface area contributed by atoms with E-state index in [1.807, 2.05) is 30.3 Å². The molecule has 38 heavy (non-hydrogen) atoms. The van der Waals surface area contributed by atoms with Crippen LogP contribution in [0.3, 0.4) is 0 Å². The van der Waals surface area contributed by atoms with Crippen LogP contribution in [0.1, 0.15) is 75.8 Å². The van der Waals surface area contributed by atoms with Crippen LogP contribution in [0, 0.1) is 0 Å². The molecular weight excluding hydrogens is 496 g/mol. The summed E-state index contributed by atoms with van der Waals surface area (Å²) in [4.78, 5) is 44.8. The molecule has 4 heterocycles. The zero-order valence-corrected chi connectivity index (χ0v) is 21.3. The van der Waals surface area contributed by atoms with Crippen LogP contribution in [-0.2, 0) is 20.8 Å². The third-order valence-electron chi connectivity index (χ3n) is 6.32. The van der Waals surface area contributed by atoms with E-state index in [-0.39, 0.29) is 30.1 Å². The number of hydrogen-bond acceptors (Lipinski definition) is 11. The first-order valence-electron chi connectivity index (χ1n) is 12.3. The van der Waals surface area contributed by atoms with Crippen LogP contribution < -0.4 is 5.32 Å². The van der Waals surface area contributed by atoms with Crippen molar-refractivity contribution in [3.63, 3.8) is 0 Å². The number of esters is 2. The smallest absolute Gasteiger partial charge is 0.410 e. The summed E-state index contributed by atoms with van der Waals surface area (Å²) in [5.74, 6) is -0.0870. The molecule has 0 spiro atoms. The highest BCUT2D eigenvalue weighted by molar-refractivity contribution is 5.88. The van der Waals surface area contributed by atoms with Gasteiger partial charge >= 0.3 is 18.0 Å². The van der Waals surface area contributed by atoms with E-state index in [0.717, 1.165) is 31.4 Å². The number of ether oxygens (including phenoxy) is 3. The van der Waals surface area contributed by atoms with Gasteiger partial charge in [-0.25, -0.2) is 24.4 Å². The molecular formula is C26H30N4O8. The number of carbonyl (C=O) groups excluding carboxylic acids is 3. The van der Waals surface area contributed by atoms with Crippen molar-refractivity contribution in [2.45, 2.75) is 44.4 Å². The van der Waals surface area contributed by atoms with Gasteiger partial charge in [-0.15, -0.1) is 0 Å². The second-order valence-electron chi connectivity index (χ2n) is 8.65. The maximum absolute atomic E-state index is 12.4. The number of likely N-dealkylation sites (tertiary alicyclic amines) is 1. The molecule has 12 heteroatoms. The molecule has 0 bridgehead atoms. The molecule has 0 unspecified atom stereocenters. The molecule has 0 aliphatic carbocycles. The molecule has 0 radical (unpaired) electrons. The van der Waals surface area contributed by atoms with E-state index in [4.69, 9.17) is 18.3 Å². The average Bonchev–Trinajstić information content (AvgIpc) is 3.77. The van der Waals surface area contributed by atoms with Crippen LogP contribution in [-0.4, -0.2) is 60.2 Å². The van der Waals surface area contributed by atoms with Crippen molar-refractivity contribution in [3.05, 3.63) is 71.6 Å². The van der Waals surface area contributed by atoms with E-state index in [2.05, 4.69) is 20.0 Å². The number of methoxy groups -OCH3 is 2. The molecule has 2 atom stereocenters. The van der Waals surface area contributed by atoms with E-state index in [1.54, 1.807) is 4.90 Å². The Hall–Kier alpha value is -4.19. The maximum Gasteiger partial charge on any atom is 0.410 e. The second kappa shape index (κ2) is 12.9. The van der Waals surface area contributed by atoms with Gasteiger partial charge in [-0.2, -0.15) is 0 Å². The second-order valence-corrected chi connectivity index (χ2v) is 8.65. The number of benzene rings is 1. The van der Waals surface area contributed by atoms with Crippen molar-refractivity contribution in [2.75, 3.05) is 27.3 Å². The van der Waals surface area contributed by atoms with Crippen molar-refractivity contribution in [1.82, 2.24) is 20.2 Å². The Kier molecular flexibility index (Phi) is 9.09. The lowest BCUT2D eigenvalue weighted by Crippen LogP contribution is -2.31. The molecule has 1 N–H and O–H groups in total. The molecule has 2 aromatic heterocycles. The van der Waals surface area contributed by atoms with E-state index < -0.39 is 18.0 Å². The highest BCUT2D eigenvalue weighted by Crippen LogP contribution is 2.34. The lowest BCUT2D eigenvalue weighted by Gasteiger charge is -2.22. The van der Waals surface area contributed by atoms with Crippen molar-refractivity contribution in [1.29, 1.82) is 0 Å². The highest BCUT2D eigenvalue weighted by atomic mass is 16.6. The number of nitrogens with one attached hydrogen (secondary N) is 1. The Labute approximate surface area is 219 Å². The van der Waals surface area contributed by atoms with Crippen molar-refractivity contribution < 1.29 is 37.4 Å². The molecule has 1 amide bonds. The lowest BCUT2D eigenvalue weighted by atomic mass is 10.1. The van der Waals surface area contributed by atoms with Crippen molar-refractivity contribution in [2.24, 2.45) is 0 Å². The average molecular weight is 527 g/mol. The summed E-state index contributed by atoms with van der Waals surface area (Å²) in [5.41, 5.74) is 1.30. The normalized spacial score (nSPS) is 18.4. The number of nitrogens with zero attached hydrogens (tertiary/aromatic N) is 3. The van der Waals surface area contributed by atoms with Crippen molar-refractivity contribution in [3.8, 4) is 0 Å². The number of aromatic nitrogens is 2. The third-order valence-corrected chi connectivity index (χ3v) is 6.32. The SMILES string of the molecule is COC(=O)c1ncoc1[C@@H]1CCCN1.COC(=O)c1ncoc1[C@@H]1CCCN1C(=O)OCc1ccccc1. The molecule has 12 nitrogen and oxygen atoms in total. The molecule has 5 rings (SSSR count). The van der Waals surface area contributed by atoms with Gasteiger partial charge in [0.25, 0.3) is 0 Å². The predicted molar refractivity (Wildman–Crippen MR) is 131 cm³/mol. The van der Waals surface area contributed by atoms with Gasteiger partial charge in [0.2, 0.25) is 0 Å². The van der Waals surface area contributed by atoms with Gasteiger partial charge in [0.1, 0.15) is 6.61 Å². The van der Waals surface area contributed by atoms with Crippen LogP contribution >= 0.6 is 0 Å². The van der Waals surface area contributed by atoms with E-state index in [1.165, 1.54) is 27.0 Å². The first-order valence-corrected chi connectivity index (χ1v) is 12.3. The van der Waals surface area contributed by atoms with Gasteiger partial charge in [-0.05, 0) is 37.8 Å². The van der Waals surface area contributed by atoms with E-state index >= 15 is 0 Å². The van der Waals surface area contributed by atoms with Crippen LogP contribution in [0.2, 0.25) is 0 Å². The lowest BCUT2D eigenvalue weighted by molar-refractivity contribution is 0.0579. The number of carbonyl (C=O) groups is 3. The summed E-state index contributed by atoms with van der Waals surface area (Å²) < 4.78 is 25.2. The van der Waals surface area contributed by atoms with Crippen LogP contribution in [0.5, 0.6) is 0 Å². The minimum atomic E-state index is -0.580. The van der Waals surface area contributed by atoms with Crippen LogP contribution in [0.25, 0.3) is 0 Å². The fourth-order valence-electron chi connectivity index (χ4n) is 4.46. The topological polar surface area (TPSA) is 146 Å². The van der Waals surface area contributed by atoms with Crippen LogP contribution in [0.4, 0.5) is 4.79 Å². The van der Waals surface area contributed by atoms with E-state index in [0.29, 0.717) is 24.5 Å². The molecule has 2 saturated heterocycles. The summed E-state index contributed by atoms with van der Waals surface area (Å²) in [6.07, 6.45) is 5.57. The Balaban J connectivity index is 0.000000204. The Morgan fingerprint density at radius 1 is 0.947 bits per heavy atom. The molecule has 3 aromatic rings. The van der Waals surface area contributed by atoms with Gasteiger partial charge in [0, 0.05) is 6.54 Å². The summed E-state index contributed by atoms with van der Waals surface area (Å²) in [5, 5.41) is 3.24. The van der Waals surface area contributed by atoms with Crippen molar-refractivity contribution >= 4 is 18.0 Å². The number of amides is 1. The Morgan fingerprint density at radius 2 is 1.61 bits per heavy atom. The van der Waals surface area contributed by atoms with Crippen LogP contribution in [0.15, 0.2) is 52.0 Å².